The summed E-state index contributed by atoms with van der Waals surface area (Å²) in [6.07, 6.45) is 4.78. The zero-order chi connectivity index (χ0) is 15.7. The molecule has 2 heterocycles. The minimum atomic E-state index is -0.0235. The summed E-state index contributed by atoms with van der Waals surface area (Å²) < 4.78 is 1.74. The van der Waals surface area contributed by atoms with Gasteiger partial charge in [0, 0.05) is 23.1 Å². The van der Waals surface area contributed by atoms with Crippen molar-refractivity contribution in [2.75, 3.05) is 0 Å². The number of amides is 1. The molecule has 0 unspecified atom stereocenters. The van der Waals surface area contributed by atoms with Crippen molar-refractivity contribution in [3.8, 4) is 0 Å². The molecular weight excluding hydrogens is 278 g/mol. The smallest absolute Gasteiger partial charge is 0.242 e. The topological polar surface area (TPSA) is 72.7 Å². The van der Waals surface area contributed by atoms with Crippen LogP contribution < -0.4 is 5.32 Å². The highest BCUT2D eigenvalue weighted by atomic mass is 16.2. The van der Waals surface area contributed by atoms with Crippen molar-refractivity contribution in [1.82, 2.24) is 25.1 Å². The van der Waals surface area contributed by atoms with E-state index in [4.69, 9.17) is 0 Å². The molecule has 1 amide bonds. The summed E-state index contributed by atoms with van der Waals surface area (Å²) in [5.74, 6) is 0.762. The summed E-state index contributed by atoms with van der Waals surface area (Å²) in [7, 11) is 0. The van der Waals surface area contributed by atoms with E-state index >= 15 is 0 Å². The quantitative estimate of drug-likeness (QED) is 0.938. The molecule has 0 saturated carbocycles. The van der Waals surface area contributed by atoms with Gasteiger partial charge in [0.05, 0.1) is 11.7 Å². The standard InChI is InChI=1S/C16H21N5O/c1-10-7-11(2)21(20-10)9-16(22)19-15-6-4-5-14-13(15)8-17-12(3)18-14/h7-8,15H,4-6,9H2,1-3H3,(H,19,22)/t15-/m0/s1. The maximum atomic E-state index is 12.3. The van der Waals surface area contributed by atoms with Crippen LogP contribution in [0.15, 0.2) is 12.3 Å². The Balaban J connectivity index is 1.71. The van der Waals surface area contributed by atoms with Crippen molar-refractivity contribution >= 4 is 5.91 Å². The summed E-state index contributed by atoms with van der Waals surface area (Å²) in [6, 6.07) is 1.98. The number of nitrogens with one attached hydrogen (secondary N) is 1. The highest BCUT2D eigenvalue weighted by molar-refractivity contribution is 5.76. The molecule has 6 heteroatoms. The Kier molecular flexibility index (Phi) is 3.92. The van der Waals surface area contributed by atoms with Gasteiger partial charge in [-0.15, -0.1) is 0 Å². The van der Waals surface area contributed by atoms with E-state index in [1.54, 1.807) is 4.68 Å². The molecule has 3 rings (SSSR count). The summed E-state index contributed by atoms with van der Waals surface area (Å²) in [5.41, 5.74) is 4.04. The number of hydrogen-bond acceptors (Lipinski definition) is 4. The van der Waals surface area contributed by atoms with Gasteiger partial charge in [0.2, 0.25) is 5.91 Å². The molecule has 2 aromatic heterocycles. The van der Waals surface area contributed by atoms with Gasteiger partial charge in [-0.05, 0) is 46.1 Å². The summed E-state index contributed by atoms with van der Waals surface area (Å²) in [5, 5.41) is 7.43. The van der Waals surface area contributed by atoms with Gasteiger partial charge in [0.15, 0.2) is 0 Å². The molecule has 0 fully saturated rings. The number of aromatic nitrogens is 4. The number of nitrogens with zero attached hydrogens (tertiary/aromatic N) is 4. The van der Waals surface area contributed by atoms with Crippen LogP contribution in [0.2, 0.25) is 0 Å². The first-order valence-electron chi connectivity index (χ1n) is 7.66. The average molecular weight is 299 g/mol. The van der Waals surface area contributed by atoms with Crippen LogP contribution in [0.1, 0.15) is 47.4 Å². The lowest BCUT2D eigenvalue weighted by Crippen LogP contribution is -2.34. The number of carbonyl (C=O) groups excluding carboxylic acids is 1. The molecule has 0 spiro atoms. The number of rotatable bonds is 3. The van der Waals surface area contributed by atoms with E-state index in [0.717, 1.165) is 47.7 Å². The van der Waals surface area contributed by atoms with Gasteiger partial charge in [-0.2, -0.15) is 5.10 Å². The van der Waals surface area contributed by atoms with Gasteiger partial charge in [-0.25, -0.2) is 9.97 Å². The van der Waals surface area contributed by atoms with E-state index in [1.807, 2.05) is 33.0 Å². The molecule has 116 valence electrons. The van der Waals surface area contributed by atoms with Crippen LogP contribution >= 0.6 is 0 Å². The highest BCUT2D eigenvalue weighted by Gasteiger charge is 2.23. The minimum Gasteiger partial charge on any atom is -0.348 e. The molecule has 1 aliphatic rings. The maximum absolute atomic E-state index is 12.3. The first-order valence-corrected chi connectivity index (χ1v) is 7.66. The third kappa shape index (κ3) is 3.00. The molecule has 1 atom stereocenters. The lowest BCUT2D eigenvalue weighted by Gasteiger charge is -2.25. The van der Waals surface area contributed by atoms with Crippen LogP contribution in [0, 0.1) is 20.8 Å². The highest BCUT2D eigenvalue weighted by Crippen LogP contribution is 2.27. The van der Waals surface area contributed by atoms with E-state index in [0.29, 0.717) is 0 Å². The molecule has 0 radical (unpaired) electrons. The Morgan fingerprint density at radius 2 is 2.23 bits per heavy atom. The van der Waals surface area contributed by atoms with Gasteiger partial charge >= 0.3 is 0 Å². The van der Waals surface area contributed by atoms with Gasteiger partial charge < -0.3 is 5.32 Å². The van der Waals surface area contributed by atoms with Crippen molar-refractivity contribution in [1.29, 1.82) is 0 Å². The Morgan fingerprint density at radius 1 is 1.41 bits per heavy atom. The van der Waals surface area contributed by atoms with Crippen LogP contribution in [-0.2, 0) is 17.8 Å². The van der Waals surface area contributed by atoms with E-state index in [2.05, 4.69) is 20.4 Å². The lowest BCUT2D eigenvalue weighted by molar-refractivity contribution is -0.122. The van der Waals surface area contributed by atoms with E-state index < -0.39 is 0 Å². The van der Waals surface area contributed by atoms with Crippen molar-refractivity contribution in [3.05, 3.63) is 40.7 Å². The second kappa shape index (κ2) is 5.87. The fraction of sp³-hybridized carbons (Fsp3) is 0.500. The van der Waals surface area contributed by atoms with E-state index in [1.165, 1.54) is 0 Å². The Bertz CT molecular complexity index is 707. The third-order valence-electron chi connectivity index (χ3n) is 4.03. The van der Waals surface area contributed by atoms with E-state index in [9.17, 15) is 4.79 Å². The van der Waals surface area contributed by atoms with Crippen molar-refractivity contribution in [3.63, 3.8) is 0 Å². The molecule has 1 aliphatic carbocycles. The summed E-state index contributed by atoms with van der Waals surface area (Å²) in [6.45, 7) is 6.03. The molecule has 6 nitrogen and oxygen atoms in total. The van der Waals surface area contributed by atoms with Gasteiger partial charge in [-0.1, -0.05) is 0 Å². The van der Waals surface area contributed by atoms with Gasteiger partial charge in [0.25, 0.3) is 0 Å². The number of hydrogen-bond donors (Lipinski definition) is 1. The largest absolute Gasteiger partial charge is 0.348 e. The van der Waals surface area contributed by atoms with Crippen LogP contribution in [-0.4, -0.2) is 25.7 Å². The van der Waals surface area contributed by atoms with Gasteiger partial charge in [-0.3, -0.25) is 9.48 Å². The average Bonchev–Trinajstić information content (AvgIpc) is 2.76. The molecule has 0 aromatic carbocycles. The molecule has 0 bridgehead atoms. The zero-order valence-electron chi connectivity index (χ0n) is 13.3. The third-order valence-corrected chi connectivity index (χ3v) is 4.03. The molecule has 0 saturated heterocycles. The first kappa shape index (κ1) is 14.7. The lowest BCUT2D eigenvalue weighted by atomic mass is 9.92. The Hall–Kier alpha value is -2.24. The number of fused-ring (bicyclic) bond motifs is 1. The SMILES string of the molecule is Cc1cc(C)n(CC(=O)N[C@H]2CCCc3nc(C)ncc32)n1. The van der Waals surface area contributed by atoms with Crippen LogP contribution in [0.5, 0.6) is 0 Å². The van der Waals surface area contributed by atoms with Crippen LogP contribution in [0.3, 0.4) is 0 Å². The Morgan fingerprint density at radius 3 is 2.95 bits per heavy atom. The van der Waals surface area contributed by atoms with Crippen LogP contribution in [0.4, 0.5) is 0 Å². The first-order chi connectivity index (χ1) is 10.5. The Labute approximate surface area is 130 Å². The van der Waals surface area contributed by atoms with Crippen molar-refractivity contribution < 1.29 is 4.79 Å². The van der Waals surface area contributed by atoms with Crippen molar-refractivity contribution in [2.24, 2.45) is 0 Å². The predicted octanol–water partition coefficient (Wildman–Crippen LogP) is 1.79. The van der Waals surface area contributed by atoms with Gasteiger partial charge in [0.1, 0.15) is 12.4 Å². The maximum Gasteiger partial charge on any atom is 0.242 e. The molecule has 2 aromatic rings. The monoisotopic (exact) mass is 299 g/mol. The normalized spacial score (nSPS) is 17.1. The fourth-order valence-electron chi connectivity index (χ4n) is 3.01. The zero-order valence-corrected chi connectivity index (χ0v) is 13.3. The van der Waals surface area contributed by atoms with Crippen molar-refractivity contribution in [2.45, 2.75) is 52.6 Å². The molecule has 22 heavy (non-hydrogen) atoms. The molecule has 0 aliphatic heterocycles. The predicted molar refractivity (Wildman–Crippen MR) is 82.3 cm³/mol. The summed E-state index contributed by atoms with van der Waals surface area (Å²) >= 11 is 0. The summed E-state index contributed by atoms with van der Waals surface area (Å²) in [4.78, 5) is 21.1. The molecular formula is C16H21N5O. The molecule has 1 N–H and O–H groups in total. The van der Waals surface area contributed by atoms with Crippen LogP contribution in [0.25, 0.3) is 0 Å². The van der Waals surface area contributed by atoms with E-state index in [-0.39, 0.29) is 18.5 Å². The second-order valence-electron chi connectivity index (χ2n) is 5.92. The minimum absolute atomic E-state index is 0.00816. The number of aryl methyl sites for hydroxylation is 4. The fourth-order valence-corrected chi connectivity index (χ4v) is 3.01. The number of carbonyl (C=O) groups is 1. The second-order valence-corrected chi connectivity index (χ2v) is 5.92.